The maximum Gasteiger partial charge on any atom is 0.326 e. The Hall–Kier alpha value is -2.41. The molecule has 4 N–H and O–H groups in total. The van der Waals surface area contributed by atoms with Crippen LogP contribution in [-0.2, 0) is 27.3 Å². The van der Waals surface area contributed by atoms with Crippen LogP contribution in [0, 0.1) is 0 Å². The van der Waals surface area contributed by atoms with Gasteiger partial charge in [-0.25, -0.2) is 4.79 Å². The molecule has 7 nitrogen and oxygen atoms in total. The Balaban J connectivity index is 2.14. The highest BCUT2D eigenvalue weighted by Gasteiger charge is 2.34. The number of rotatable bonds is 4. The zero-order valence-corrected chi connectivity index (χ0v) is 11.4. The monoisotopic (exact) mass is 291 g/mol. The van der Waals surface area contributed by atoms with Gasteiger partial charge in [-0.15, -0.1) is 0 Å². The normalized spacial score (nSPS) is 17.0. The smallest absolute Gasteiger partial charge is 0.326 e. The Morgan fingerprint density at radius 1 is 1.29 bits per heavy atom. The lowest BCUT2D eigenvalue weighted by atomic mass is 9.94. The predicted octanol–water partition coefficient (Wildman–Crippen LogP) is -0.901. The molecule has 0 spiro atoms. The highest BCUT2D eigenvalue weighted by atomic mass is 16.4. The number of aliphatic carboxylic acids is 1. The van der Waals surface area contributed by atoms with Crippen molar-refractivity contribution in [2.45, 2.75) is 19.0 Å². The summed E-state index contributed by atoms with van der Waals surface area (Å²) in [5.41, 5.74) is 7.00. The van der Waals surface area contributed by atoms with Gasteiger partial charge in [0.15, 0.2) is 0 Å². The summed E-state index contributed by atoms with van der Waals surface area (Å²) >= 11 is 0. The maximum absolute atomic E-state index is 12.2. The molecule has 0 radical (unpaired) electrons. The molecule has 0 unspecified atom stereocenters. The molecule has 1 heterocycles. The van der Waals surface area contributed by atoms with E-state index >= 15 is 0 Å². The largest absolute Gasteiger partial charge is 0.480 e. The Morgan fingerprint density at radius 2 is 1.95 bits per heavy atom. The van der Waals surface area contributed by atoms with Gasteiger partial charge in [0.1, 0.15) is 6.04 Å². The number of fused-ring (bicyclic) bond motifs is 1. The highest BCUT2D eigenvalue weighted by Crippen LogP contribution is 2.23. The number of carboxylic acids is 1. The quantitative estimate of drug-likeness (QED) is 0.665. The molecule has 7 heteroatoms. The molecular formula is C14H17N3O4. The lowest BCUT2D eigenvalue weighted by Crippen LogP contribution is -2.51. The fraction of sp³-hybridized carbons (Fsp3) is 0.357. The summed E-state index contributed by atoms with van der Waals surface area (Å²) in [6.45, 7) is -0.231. The molecule has 1 atom stereocenters. The van der Waals surface area contributed by atoms with Crippen molar-refractivity contribution in [3.05, 3.63) is 35.4 Å². The van der Waals surface area contributed by atoms with Crippen LogP contribution in [-0.4, -0.2) is 46.9 Å². The van der Waals surface area contributed by atoms with E-state index in [1.807, 2.05) is 24.3 Å². The number of nitrogens with zero attached hydrogens (tertiary/aromatic N) is 1. The molecule has 1 aliphatic rings. The van der Waals surface area contributed by atoms with Crippen LogP contribution in [0.15, 0.2) is 24.3 Å². The summed E-state index contributed by atoms with van der Waals surface area (Å²) in [5, 5.41) is 11.7. The summed E-state index contributed by atoms with van der Waals surface area (Å²) in [5.74, 6) is -1.94. The fourth-order valence-corrected chi connectivity index (χ4v) is 2.35. The van der Waals surface area contributed by atoms with Crippen LogP contribution in [0.25, 0.3) is 0 Å². The van der Waals surface area contributed by atoms with Gasteiger partial charge >= 0.3 is 5.97 Å². The van der Waals surface area contributed by atoms with Crippen molar-refractivity contribution in [3.8, 4) is 0 Å². The van der Waals surface area contributed by atoms with Gasteiger partial charge in [-0.3, -0.25) is 9.59 Å². The third kappa shape index (κ3) is 3.38. The van der Waals surface area contributed by atoms with Crippen molar-refractivity contribution in [3.63, 3.8) is 0 Å². The van der Waals surface area contributed by atoms with Crippen LogP contribution in [0.2, 0.25) is 0 Å². The van der Waals surface area contributed by atoms with Crippen LogP contribution < -0.4 is 11.1 Å². The summed E-state index contributed by atoms with van der Waals surface area (Å²) in [6, 6.07) is 6.51. The average molecular weight is 291 g/mol. The summed E-state index contributed by atoms with van der Waals surface area (Å²) in [7, 11) is 0. The number of hydrogen-bond acceptors (Lipinski definition) is 4. The van der Waals surface area contributed by atoms with E-state index in [1.165, 1.54) is 4.90 Å². The molecule has 1 aromatic carbocycles. The average Bonchev–Trinajstić information content (AvgIpc) is 2.50. The summed E-state index contributed by atoms with van der Waals surface area (Å²) in [6.07, 6.45) is 0.266. The molecule has 0 saturated carbocycles. The van der Waals surface area contributed by atoms with Crippen molar-refractivity contribution in [2.24, 2.45) is 5.73 Å². The third-order valence-corrected chi connectivity index (χ3v) is 3.48. The van der Waals surface area contributed by atoms with Crippen LogP contribution >= 0.6 is 0 Å². The molecule has 0 saturated heterocycles. The molecular weight excluding hydrogens is 274 g/mol. The first-order valence-electron chi connectivity index (χ1n) is 6.58. The lowest BCUT2D eigenvalue weighted by Gasteiger charge is -2.34. The number of hydrogen-bond donors (Lipinski definition) is 3. The number of carbonyl (C=O) groups excluding carboxylic acids is 2. The Morgan fingerprint density at radius 3 is 2.57 bits per heavy atom. The molecule has 0 aromatic heterocycles. The van der Waals surface area contributed by atoms with Crippen LogP contribution in [0.1, 0.15) is 11.1 Å². The van der Waals surface area contributed by atoms with Gasteiger partial charge in [0.25, 0.3) is 0 Å². The van der Waals surface area contributed by atoms with Crippen molar-refractivity contribution in [2.75, 3.05) is 13.1 Å². The zero-order chi connectivity index (χ0) is 15.4. The van der Waals surface area contributed by atoms with E-state index in [0.717, 1.165) is 11.1 Å². The van der Waals surface area contributed by atoms with Gasteiger partial charge in [-0.2, -0.15) is 0 Å². The van der Waals surface area contributed by atoms with E-state index < -0.39 is 23.8 Å². The van der Waals surface area contributed by atoms with Crippen LogP contribution in [0.5, 0.6) is 0 Å². The first-order chi connectivity index (χ1) is 10.0. The molecule has 0 bridgehead atoms. The molecule has 2 amide bonds. The number of nitrogens with one attached hydrogen (secondary N) is 1. The molecule has 0 aliphatic carbocycles. The van der Waals surface area contributed by atoms with Gasteiger partial charge in [0.05, 0.1) is 13.1 Å². The number of benzene rings is 1. The first kappa shape index (κ1) is 15.0. The van der Waals surface area contributed by atoms with Gasteiger partial charge in [-0.1, -0.05) is 24.3 Å². The van der Waals surface area contributed by atoms with E-state index in [1.54, 1.807) is 0 Å². The third-order valence-electron chi connectivity index (χ3n) is 3.48. The van der Waals surface area contributed by atoms with Crippen molar-refractivity contribution in [1.29, 1.82) is 0 Å². The molecule has 1 aliphatic heterocycles. The van der Waals surface area contributed by atoms with E-state index in [-0.39, 0.29) is 26.1 Å². The van der Waals surface area contributed by atoms with E-state index in [0.29, 0.717) is 0 Å². The number of nitrogens with two attached hydrogens (primary N) is 1. The Bertz CT molecular complexity index is 573. The van der Waals surface area contributed by atoms with Gasteiger partial charge in [-0.05, 0) is 11.1 Å². The van der Waals surface area contributed by atoms with Crippen molar-refractivity contribution >= 4 is 17.8 Å². The minimum absolute atomic E-state index is 0.210. The minimum atomic E-state index is -1.05. The van der Waals surface area contributed by atoms with E-state index in [2.05, 4.69) is 5.32 Å². The Labute approximate surface area is 121 Å². The van der Waals surface area contributed by atoms with Gasteiger partial charge in [0, 0.05) is 13.0 Å². The standard InChI is InChI=1S/C14H17N3O4/c15-6-12(18)16-7-13(19)17-8-10-4-2-1-3-9(10)5-11(17)14(20)21/h1-4,11H,5-8,15H2,(H,16,18)(H,20,21)/t11-/m1/s1. The fourth-order valence-electron chi connectivity index (χ4n) is 2.35. The number of carboxylic acid groups (broad SMARTS) is 1. The van der Waals surface area contributed by atoms with Gasteiger partial charge in [0.2, 0.25) is 11.8 Å². The molecule has 2 rings (SSSR count). The first-order valence-corrected chi connectivity index (χ1v) is 6.58. The topological polar surface area (TPSA) is 113 Å². The van der Waals surface area contributed by atoms with Crippen molar-refractivity contribution < 1.29 is 19.5 Å². The second kappa shape index (κ2) is 6.36. The molecule has 1 aromatic rings. The van der Waals surface area contributed by atoms with Crippen LogP contribution in [0.4, 0.5) is 0 Å². The van der Waals surface area contributed by atoms with E-state index in [9.17, 15) is 19.5 Å². The molecule has 21 heavy (non-hydrogen) atoms. The Kier molecular flexibility index (Phi) is 4.54. The SMILES string of the molecule is NCC(=O)NCC(=O)N1Cc2ccccc2C[C@@H]1C(=O)O. The van der Waals surface area contributed by atoms with Gasteiger partial charge < -0.3 is 21.1 Å². The highest BCUT2D eigenvalue weighted by molar-refractivity contribution is 5.88. The van der Waals surface area contributed by atoms with E-state index in [4.69, 9.17) is 5.73 Å². The maximum atomic E-state index is 12.2. The lowest BCUT2D eigenvalue weighted by molar-refractivity contribution is -0.151. The zero-order valence-electron chi connectivity index (χ0n) is 11.4. The summed E-state index contributed by atoms with van der Waals surface area (Å²) < 4.78 is 0. The summed E-state index contributed by atoms with van der Waals surface area (Å²) in [4.78, 5) is 35.9. The second-order valence-electron chi connectivity index (χ2n) is 4.83. The molecule has 112 valence electrons. The number of carbonyl (C=O) groups is 3. The number of amides is 2. The van der Waals surface area contributed by atoms with Crippen LogP contribution in [0.3, 0.4) is 0 Å². The molecule has 0 fully saturated rings. The van der Waals surface area contributed by atoms with Crippen molar-refractivity contribution in [1.82, 2.24) is 10.2 Å². The minimum Gasteiger partial charge on any atom is -0.480 e. The predicted molar refractivity (Wildman–Crippen MR) is 74.2 cm³/mol. The second-order valence-corrected chi connectivity index (χ2v) is 4.83.